The predicted molar refractivity (Wildman–Crippen MR) is 66.4 cm³/mol. The molecule has 0 aromatic carbocycles. The summed E-state index contributed by atoms with van der Waals surface area (Å²) in [5, 5.41) is 2.95. The first-order chi connectivity index (χ1) is 8.13. The normalized spacial score (nSPS) is 31.8. The van der Waals surface area contributed by atoms with Crippen LogP contribution in [0.1, 0.15) is 32.1 Å². The molecule has 1 saturated heterocycles. The van der Waals surface area contributed by atoms with Crippen LogP contribution in [0.25, 0.3) is 0 Å². The molecule has 1 saturated carbocycles. The number of methoxy groups -OCH3 is 1. The van der Waals surface area contributed by atoms with Crippen molar-refractivity contribution in [1.82, 2.24) is 10.0 Å². The van der Waals surface area contributed by atoms with E-state index in [0.29, 0.717) is 13.1 Å². The van der Waals surface area contributed by atoms with E-state index in [4.69, 9.17) is 4.74 Å². The first-order valence-electron chi connectivity index (χ1n) is 6.38. The van der Waals surface area contributed by atoms with Gasteiger partial charge in [0.1, 0.15) is 0 Å². The molecular weight excluding hydrogens is 240 g/mol. The number of hydrogen-bond acceptors (Lipinski definition) is 4. The smallest absolute Gasteiger partial charge is 0.214 e. The molecule has 0 aromatic heterocycles. The van der Waals surface area contributed by atoms with Crippen molar-refractivity contribution in [2.24, 2.45) is 0 Å². The van der Waals surface area contributed by atoms with Crippen molar-refractivity contribution in [3.8, 4) is 0 Å². The second-order valence-electron chi connectivity index (χ2n) is 4.96. The third-order valence-electron chi connectivity index (χ3n) is 3.77. The van der Waals surface area contributed by atoms with Crippen LogP contribution in [0.2, 0.25) is 0 Å². The summed E-state index contributed by atoms with van der Waals surface area (Å²) >= 11 is 0. The average Bonchev–Trinajstić information content (AvgIpc) is 2.77. The van der Waals surface area contributed by atoms with Gasteiger partial charge in [0.2, 0.25) is 10.0 Å². The highest BCUT2D eigenvalue weighted by Crippen LogP contribution is 2.23. The first-order valence-corrected chi connectivity index (χ1v) is 7.93. The largest absolute Gasteiger partial charge is 0.378 e. The number of rotatable bonds is 4. The molecule has 0 bridgehead atoms. The fraction of sp³-hybridized carbons (Fsp3) is 1.00. The maximum Gasteiger partial charge on any atom is 0.214 e. The van der Waals surface area contributed by atoms with Crippen molar-refractivity contribution in [1.29, 1.82) is 0 Å². The van der Waals surface area contributed by atoms with Crippen LogP contribution in [-0.2, 0) is 14.8 Å². The topological polar surface area (TPSA) is 67.4 Å². The lowest BCUT2D eigenvalue weighted by Gasteiger charge is -2.25. The molecule has 0 spiro atoms. The van der Waals surface area contributed by atoms with Crippen molar-refractivity contribution in [3.63, 3.8) is 0 Å². The maximum atomic E-state index is 12.2. The van der Waals surface area contributed by atoms with Gasteiger partial charge in [-0.05, 0) is 12.8 Å². The Hall–Kier alpha value is -0.170. The van der Waals surface area contributed by atoms with E-state index in [1.54, 1.807) is 7.11 Å². The van der Waals surface area contributed by atoms with Gasteiger partial charge in [0, 0.05) is 20.2 Å². The van der Waals surface area contributed by atoms with Crippen molar-refractivity contribution in [3.05, 3.63) is 0 Å². The molecular formula is C11H22N2O3S. The minimum atomic E-state index is -3.18. The van der Waals surface area contributed by atoms with Crippen LogP contribution in [0.15, 0.2) is 0 Å². The Morgan fingerprint density at radius 3 is 2.53 bits per heavy atom. The molecule has 0 radical (unpaired) electrons. The van der Waals surface area contributed by atoms with Crippen molar-refractivity contribution in [2.45, 2.75) is 49.5 Å². The van der Waals surface area contributed by atoms with E-state index >= 15 is 0 Å². The average molecular weight is 262 g/mol. The number of hydrogen-bond donors (Lipinski definition) is 2. The SMILES string of the molecule is CO[C@H]1CNCC1NS(=O)(=O)C1CCCCC1. The summed E-state index contributed by atoms with van der Waals surface area (Å²) in [7, 11) is -1.56. The van der Waals surface area contributed by atoms with Crippen molar-refractivity contribution < 1.29 is 13.2 Å². The zero-order valence-corrected chi connectivity index (χ0v) is 11.1. The summed E-state index contributed by atoms with van der Waals surface area (Å²) < 4.78 is 32.5. The molecule has 5 nitrogen and oxygen atoms in total. The van der Waals surface area contributed by atoms with E-state index in [0.717, 1.165) is 32.1 Å². The van der Waals surface area contributed by atoms with Crippen LogP contribution in [-0.4, -0.2) is 46.0 Å². The molecule has 2 fully saturated rings. The van der Waals surface area contributed by atoms with Crippen LogP contribution >= 0.6 is 0 Å². The second-order valence-corrected chi connectivity index (χ2v) is 6.95. The Kier molecular flexibility index (Phi) is 4.41. The van der Waals surface area contributed by atoms with Crippen LogP contribution in [0.4, 0.5) is 0 Å². The van der Waals surface area contributed by atoms with Crippen molar-refractivity contribution >= 4 is 10.0 Å². The van der Waals surface area contributed by atoms with Gasteiger partial charge in [0.25, 0.3) is 0 Å². The highest BCUT2D eigenvalue weighted by Gasteiger charge is 2.34. The zero-order chi connectivity index (χ0) is 12.3. The van der Waals surface area contributed by atoms with Gasteiger partial charge in [-0.1, -0.05) is 19.3 Å². The van der Waals surface area contributed by atoms with E-state index < -0.39 is 10.0 Å². The molecule has 0 aromatic rings. The van der Waals surface area contributed by atoms with Crippen LogP contribution in [0.5, 0.6) is 0 Å². The van der Waals surface area contributed by atoms with Gasteiger partial charge in [0.15, 0.2) is 0 Å². The molecule has 1 aliphatic carbocycles. The van der Waals surface area contributed by atoms with Gasteiger partial charge in [0.05, 0.1) is 17.4 Å². The summed E-state index contributed by atoms with van der Waals surface area (Å²) in [6, 6.07) is -0.119. The van der Waals surface area contributed by atoms with E-state index in [1.165, 1.54) is 0 Å². The lowest BCUT2D eigenvalue weighted by Crippen LogP contribution is -2.47. The highest BCUT2D eigenvalue weighted by atomic mass is 32.2. The van der Waals surface area contributed by atoms with Gasteiger partial charge >= 0.3 is 0 Å². The number of ether oxygens (including phenoxy) is 1. The molecule has 2 atom stereocenters. The van der Waals surface area contributed by atoms with E-state index in [2.05, 4.69) is 10.0 Å². The number of nitrogens with one attached hydrogen (secondary N) is 2. The summed E-state index contributed by atoms with van der Waals surface area (Å²) in [4.78, 5) is 0. The minimum absolute atomic E-state index is 0.0478. The Bertz CT molecular complexity index is 339. The molecule has 1 unspecified atom stereocenters. The minimum Gasteiger partial charge on any atom is -0.378 e. The molecule has 1 aliphatic heterocycles. The molecule has 2 N–H and O–H groups in total. The molecule has 100 valence electrons. The lowest BCUT2D eigenvalue weighted by atomic mass is 10.0. The summed E-state index contributed by atoms with van der Waals surface area (Å²) in [6.07, 6.45) is 4.77. The molecule has 0 amide bonds. The quantitative estimate of drug-likeness (QED) is 0.761. The summed E-state index contributed by atoms with van der Waals surface area (Å²) in [6.45, 7) is 1.37. The summed E-state index contributed by atoms with van der Waals surface area (Å²) in [5.74, 6) is 0. The monoisotopic (exact) mass is 262 g/mol. The summed E-state index contributed by atoms with van der Waals surface area (Å²) in [5.41, 5.74) is 0. The fourth-order valence-corrected chi connectivity index (χ4v) is 4.51. The Morgan fingerprint density at radius 2 is 1.88 bits per heavy atom. The predicted octanol–water partition coefficient (Wildman–Crippen LogP) is 0.225. The van der Waals surface area contributed by atoms with Crippen LogP contribution < -0.4 is 10.0 Å². The molecule has 2 rings (SSSR count). The number of sulfonamides is 1. The first kappa shape index (κ1) is 13.3. The molecule has 1 heterocycles. The molecule has 2 aliphatic rings. The van der Waals surface area contributed by atoms with Crippen LogP contribution in [0.3, 0.4) is 0 Å². The standard InChI is InChI=1S/C11H22N2O3S/c1-16-11-8-12-7-10(11)13-17(14,15)9-5-3-2-4-6-9/h9-13H,2-8H2,1H3/t10?,11-/m0/s1. The zero-order valence-electron chi connectivity index (χ0n) is 10.3. The second kappa shape index (κ2) is 5.65. The van der Waals surface area contributed by atoms with Crippen LogP contribution in [0, 0.1) is 0 Å². The Balaban J connectivity index is 1.96. The Morgan fingerprint density at radius 1 is 1.18 bits per heavy atom. The van der Waals surface area contributed by atoms with Gasteiger partial charge in [-0.2, -0.15) is 0 Å². The van der Waals surface area contributed by atoms with E-state index in [-0.39, 0.29) is 17.4 Å². The van der Waals surface area contributed by atoms with Crippen molar-refractivity contribution in [2.75, 3.05) is 20.2 Å². The maximum absolute atomic E-state index is 12.2. The highest BCUT2D eigenvalue weighted by molar-refractivity contribution is 7.90. The molecule has 6 heteroatoms. The Labute approximate surface area is 103 Å². The van der Waals surface area contributed by atoms with E-state index in [9.17, 15) is 8.42 Å². The van der Waals surface area contributed by atoms with Gasteiger partial charge < -0.3 is 10.1 Å². The van der Waals surface area contributed by atoms with Gasteiger partial charge in [-0.15, -0.1) is 0 Å². The fourth-order valence-electron chi connectivity index (χ4n) is 2.70. The van der Waals surface area contributed by atoms with Gasteiger partial charge in [-0.3, -0.25) is 0 Å². The third kappa shape index (κ3) is 3.19. The molecule has 17 heavy (non-hydrogen) atoms. The lowest BCUT2D eigenvalue weighted by molar-refractivity contribution is 0.102. The van der Waals surface area contributed by atoms with Gasteiger partial charge in [-0.25, -0.2) is 13.1 Å². The van der Waals surface area contributed by atoms with E-state index in [1.807, 2.05) is 0 Å². The third-order valence-corrected chi connectivity index (χ3v) is 5.75.